The summed E-state index contributed by atoms with van der Waals surface area (Å²) in [4.78, 5) is 19.7. The summed E-state index contributed by atoms with van der Waals surface area (Å²) in [5.74, 6) is 0.483. The summed E-state index contributed by atoms with van der Waals surface area (Å²) in [6.07, 6.45) is 2.46. The minimum atomic E-state index is -0.522. The van der Waals surface area contributed by atoms with Gasteiger partial charge in [-0.2, -0.15) is 4.98 Å². The van der Waals surface area contributed by atoms with Crippen LogP contribution in [0.5, 0.6) is 0 Å². The molecular formula is C12H20ClN5O. The van der Waals surface area contributed by atoms with Gasteiger partial charge < -0.3 is 16.4 Å². The van der Waals surface area contributed by atoms with E-state index in [1.54, 1.807) is 0 Å². The molecule has 0 spiro atoms. The Morgan fingerprint density at radius 3 is 2.74 bits per heavy atom. The number of nitrogens with zero attached hydrogens (tertiary/aromatic N) is 2. The molecule has 1 unspecified atom stereocenters. The average molecular weight is 286 g/mol. The van der Waals surface area contributed by atoms with Crippen LogP contribution in [-0.4, -0.2) is 28.5 Å². The van der Waals surface area contributed by atoms with Gasteiger partial charge in [-0.1, -0.05) is 32.4 Å². The number of primary amides is 1. The highest BCUT2D eigenvalue weighted by Gasteiger charge is 2.21. The van der Waals surface area contributed by atoms with Crippen LogP contribution in [0.4, 0.5) is 11.8 Å². The molecule has 6 nitrogen and oxygen atoms in total. The second-order valence-electron chi connectivity index (χ2n) is 4.59. The number of aromatic nitrogens is 2. The third-order valence-electron chi connectivity index (χ3n) is 2.54. The van der Waals surface area contributed by atoms with Gasteiger partial charge in [0.05, 0.1) is 6.20 Å². The Morgan fingerprint density at radius 2 is 2.21 bits per heavy atom. The van der Waals surface area contributed by atoms with Crippen molar-refractivity contribution >= 4 is 29.3 Å². The Hall–Kier alpha value is -1.56. The zero-order valence-corrected chi connectivity index (χ0v) is 12.2. The van der Waals surface area contributed by atoms with E-state index in [-0.39, 0.29) is 5.92 Å². The van der Waals surface area contributed by atoms with E-state index < -0.39 is 11.9 Å². The number of hydrogen-bond acceptors (Lipinski definition) is 5. The lowest BCUT2D eigenvalue weighted by molar-refractivity contribution is -0.119. The largest absolute Gasteiger partial charge is 0.368 e. The number of nitrogens with one attached hydrogen (secondary N) is 2. The monoisotopic (exact) mass is 285 g/mol. The maximum atomic E-state index is 11.4. The van der Waals surface area contributed by atoms with Crippen LogP contribution in [0.15, 0.2) is 6.20 Å². The van der Waals surface area contributed by atoms with Gasteiger partial charge in [-0.3, -0.25) is 4.79 Å². The lowest BCUT2D eigenvalue weighted by Crippen LogP contribution is -2.39. The van der Waals surface area contributed by atoms with Crippen molar-refractivity contribution in [2.75, 3.05) is 17.2 Å². The first-order valence-corrected chi connectivity index (χ1v) is 6.65. The van der Waals surface area contributed by atoms with E-state index in [1.807, 2.05) is 20.8 Å². The first kappa shape index (κ1) is 15.5. The van der Waals surface area contributed by atoms with Gasteiger partial charge in [-0.05, 0) is 12.3 Å². The van der Waals surface area contributed by atoms with Gasteiger partial charge in [0, 0.05) is 6.54 Å². The van der Waals surface area contributed by atoms with E-state index in [9.17, 15) is 4.79 Å². The number of halogens is 1. The second kappa shape index (κ2) is 7.13. The van der Waals surface area contributed by atoms with Crippen LogP contribution in [0, 0.1) is 5.92 Å². The van der Waals surface area contributed by atoms with Gasteiger partial charge in [0.2, 0.25) is 11.9 Å². The normalized spacial score (nSPS) is 12.3. The maximum Gasteiger partial charge on any atom is 0.240 e. The van der Waals surface area contributed by atoms with Crippen molar-refractivity contribution < 1.29 is 4.79 Å². The summed E-state index contributed by atoms with van der Waals surface area (Å²) in [5, 5.41) is 6.38. The minimum absolute atomic E-state index is 0.0376. The molecular weight excluding hydrogens is 266 g/mol. The lowest BCUT2D eigenvalue weighted by atomic mass is 10.0. The molecule has 7 heteroatoms. The SMILES string of the molecule is CCCNc1ncc(Cl)c(NC(C(N)=O)C(C)C)n1. The first-order chi connectivity index (χ1) is 8.95. The smallest absolute Gasteiger partial charge is 0.240 e. The predicted octanol–water partition coefficient (Wildman–Crippen LogP) is 1.87. The predicted molar refractivity (Wildman–Crippen MR) is 77.3 cm³/mol. The highest BCUT2D eigenvalue weighted by atomic mass is 35.5. The zero-order valence-electron chi connectivity index (χ0n) is 11.4. The number of anilines is 2. The van der Waals surface area contributed by atoms with E-state index in [2.05, 4.69) is 20.6 Å². The average Bonchev–Trinajstić information content (AvgIpc) is 2.35. The summed E-state index contributed by atoms with van der Waals surface area (Å²) < 4.78 is 0. The number of carbonyl (C=O) groups excluding carboxylic acids is 1. The van der Waals surface area contributed by atoms with Crippen molar-refractivity contribution in [2.24, 2.45) is 11.7 Å². The van der Waals surface area contributed by atoms with Gasteiger partial charge in [-0.25, -0.2) is 4.98 Å². The summed E-state index contributed by atoms with van der Waals surface area (Å²) >= 11 is 6.02. The lowest BCUT2D eigenvalue weighted by Gasteiger charge is -2.20. The summed E-state index contributed by atoms with van der Waals surface area (Å²) in [6, 6.07) is -0.522. The number of carbonyl (C=O) groups is 1. The van der Waals surface area contributed by atoms with Gasteiger partial charge in [0.15, 0.2) is 5.82 Å². The van der Waals surface area contributed by atoms with E-state index in [4.69, 9.17) is 17.3 Å². The van der Waals surface area contributed by atoms with Crippen molar-refractivity contribution in [3.05, 3.63) is 11.2 Å². The molecule has 0 fully saturated rings. The molecule has 1 heterocycles. The van der Waals surface area contributed by atoms with Crippen LogP contribution < -0.4 is 16.4 Å². The summed E-state index contributed by atoms with van der Waals surface area (Å²) in [7, 11) is 0. The minimum Gasteiger partial charge on any atom is -0.368 e. The van der Waals surface area contributed by atoms with Crippen LogP contribution >= 0.6 is 11.6 Å². The standard InChI is InChI=1S/C12H20ClN5O/c1-4-5-15-12-16-6-8(13)11(18-12)17-9(7(2)3)10(14)19/h6-7,9H,4-5H2,1-3H3,(H2,14,19)(H2,15,16,17,18). The second-order valence-corrected chi connectivity index (χ2v) is 4.99. The van der Waals surface area contributed by atoms with Crippen LogP contribution in [0.2, 0.25) is 5.02 Å². The molecule has 1 aromatic rings. The third-order valence-corrected chi connectivity index (χ3v) is 2.82. The van der Waals surface area contributed by atoms with Gasteiger partial charge in [0.25, 0.3) is 0 Å². The third kappa shape index (κ3) is 4.55. The Kier molecular flexibility index (Phi) is 5.82. The molecule has 106 valence electrons. The molecule has 0 aliphatic carbocycles. The molecule has 1 aromatic heterocycles. The molecule has 0 saturated heterocycles. The molecule has 1 atom stereocenters. The van der Waals surface area contributed by atoms with Crippen LogP contribution in [0.3, 0.4) is 0 Å². The highest BCUT2D eigenvalue weighted by molar-refractivity contribution is 6.32. The maximum absolute atomic E-state index is 11.4. The number of amides is 1. The van der Waals surface area contributed by atoms with Crippen LogP contribution in [0.1, 0.15) is 27.2 Å². The molecule has 1 amide bonds. The molecule has 0 aliphatic heterocycles. The van der Waals surface area contributed by atoms with Crippen molar-refractivity contribution in [2.45, 2.75) is 33.2 Å². The fraction of sp³-hybridized carbons (Fsp3) is 0.583. The quantitative estimate of drug-likeness (QED) is 0.711. The molecule has 1 rings (SSSR count). The molecule has 4 N–H and O–H groups in total. The van der Waals surface area contributed by atoms with Gasteiger partial charge >= 0.3 is 0 Å². The summed E-state index contributed by atoms with van der Waals surface area (Å²) in [6.45, 7) is 6.61. The molecule has 0 aromatic carbocycles. The Morgan fingerprint density at radius 1 is 1.53 bits per heavy atom. The zero-order chi connectivity index (χ0) is 14.4. The van der Waals surface area contributed by atoms with E-state index in [0.29, 0.717) is 16.8 Å². The Labute approximate surface area is 118 Å². The highest BCUT2D eigenvalue weighted by Crippen LogP contribution is 2.21. The van der Waals surface area contributed by atoms with Crippen molar-refractivity contribution in [1.29, 1.82) is 0 Å². The molecule has 0 aliphatic rings. The fourth-order valence-corrected chi connectivity index (χ4v) is 1.65. The van der Waals surface area contributed by atoms with Crippen molar-refractivity contribution in [1.82, 2.24) is 9.97 Å². The molecule has 0 radical (unpaired) electrons. The fourth-order valence-electron chi connectivity index (χ4n) is 1.50. The number of nitrogens with two attached hydrogens (primary N) is 1. The summed E-state index contributed by atoms with van der Waals surface area (Å²) in [5.41, 5.74) is 5.35. The Balaban J connectivity index is 2.89. The van der Waals surface area contributed by atoms with Crippen molar-refractivity contribution in [3.63, 3.8) is 0 Å². The Bertz CT molecular complexity index is 438. The van der Waals surface area contributed by atoms with E-state index in [0.717, 1.165) is 13.0 Å². The van der Waals surface area contributed by atoms with Crippen LogP contribution in [-0.2, 0) is 4.79 Å². The number of hydrogen-bond donors (Lipinski definition) is 3. The number of rotatable bonds is 7. The van der Waals surface area contributed by atoms with Gasteiger partial charge in [0.1, 0.15) is 11.1 Å². The van der Waals surface area contributed by atoms with E-state index >= 15 is 0 Å². The molecule has 0 bridgehead atoms. The van der Waals surface area contributed by atoms with Crippen LogP contribution in [0.25, 0.3) is 0 Å². The van der Waals surface area contributed by atoms with Gasteiger partial charge in [-0.15, -0.1) is 0 Å². The molecule has 0 saturated carbocycles. The molecule has 19 heavy (non-hydrogen) atoms. The van der Waals surface area contributed by atoms with E-state index in [1.165, 1.54) is 6.20 Å². The topological polar surface area (TPSA) is 92.9 Å². The van der Waals surface area contributed by atoms with Crippen molar-refractivity contribution in [3.8, 4) is 0 Å². The first-order valence-electron chi connectivity index (χ1n) is 6.28.